The molecular weight excluding hydrogens is 212 g/mol. The van der Waals surface area contributed by atoms with Crippen LogP contribution in [0.3, 0.4) is 0 Å². The largest absolute Gasteiger partial charge is 0.395 e. The van der Waals surface area contributed by atoms with Gasteiger partial charge in [-0.1, -0.05) is 36.4 Å². The number of hydrogen-bond donors (Lipinski definition) is 1. The molecule has 0 aliphatic carbocycles. The molecule has 0 aromatic heterocycles. The number of nitrogens with zero attached hydrogens (tertiary/aromatic N) is 2. The van der Waals surface area contributed by atoms with Crippen molar-refractivity contribution < 1.29 is 5.11 Å². The Bertz CT molecular complexity index is 424. The second kappa shape index (κ2) is 5.13. The lowest BCUT2D eigenvalue weighted by Gasteiger charge is -2.51. The zero-order chi connectivity index (χ0) is 12.3. The quantitative estimate of drug-likeness (QED) is 0.795. The van der Waals surface area contributed by atoms with Gasteiger partial charge in [0.2, 0.25) is 0 Å². The van der Waals surface area contributed by atoms with Gasteiger partial charge in [0.15, 0.2) is 0 Å². The number of benzene rings is 1. The van der Waals surface area contributed by atoms with Crippen LogP contribution < -0.4 is 0 Å². The Morgan fingerprint density at radius 3 is 2.65 bits per heavy atom. The Morgan fingerprint density at radius 1 is 1.41 bits per heavy atom. The van der Waals surface area contributed by atoms with E-state index < -0.39 is 0 Å². The summed E-state index contributed by atoms with van der Waals surface area (Å²) in [5.41, 5.74) is 1.12. The molecule has 3 atom stereocenters. The highest BCUT2D eigenvalue weighted by atomic mass is 16.3. The summed E-state index contributed by atoms with van der Waals surface area (Å²) in [6, 6.07) is 12.1. The van der Waals surface area contributed by atoms with Gasteiger partial charge >= 0.3 is 0 Å². The maximum absolute atomic E-state index is 9.44. The molecule has 0 saturated carbocycles. The molecule has 0 amide bonds. The fourth-order valence-corrected chi connectivity index (χ4v) is 2.58. The van der Waals surface area contributed by atoms with Crippen LogP contribution in [-0.2, 0) is 0 Å². The van der Waals surface area contributed by atoms with E-state index in [9.17, 15) is 10.4 Å². The molecule has 88 valence electrons. The molecule has 1 aromatic rings. The van der Waals surface area contributed by atoms with Crippen molar-refractivity contribution in [3.63, 3.8) is 0 Å². The number of aliphatic hydroxyl groups excluding tert-OH is 1. The molecule has 3 heteroatoms. The van der Waals surface area contributed by atoms with Crippen molar-refractivity contribution in [1.82, 2.24) is 4.90 Å². The van der Waals surface area contributed by atoms with E-state index >= 15 is 0 Å². The minimum atomic E-state index is -0.160. The van der Waals surface area contributed by atoms with Crippen molar-refractivity contribution in [3.05, 3.63) is 48.6 Å². The van der Waals surface area contributed by atoms with Crippen LogP contribution in [0.25, 0.3) is 0 Å². The third kappa shape index (κ3) is 1.97. The molecule has 1 N–H and O–H groups in total. The van der Waals surface area contributed by atoms with Crippen molar-refractivity contribution in [2.24, 2.45) is 0 Å². The van der Waals surface area contributed by atoms with E-state index in [0.29, 0.717) is 6.54 Å². The van der Waals surface area contributed by atoms with Crippen LogP contribution in [0.5, 0.6) is 0 Å². The molecule has 1 heterocycles. The van der Waals surface area contributed by atoms with Crippen molar-refractivity contribution in [2.45, 2.75) is 18.0 Å². The SMILES string of the molecule is C=CCN1[C@H](C#N)[C@@H](c2ccccc2)[C@H]1CO. The molecule has 1 fully saturated rings. The van der Waals surface area contributed by atoms with Crippen molar-refractivity contribution in [3.8, 4) is 6.07 Å². The summed E-state index contributed by atoms with van der Waals surface area (Å²) in [6.07, 6.45) is 1.77. The average Bonchev–Trinajstić information content (AvgIpc) is 2.36. The molecule has 1 aliphatic heterocycles. The molecular formula is C14H16N2O. The van der Waals surface area contributed by atoms with E-state index in [4.69, 9.17) is 0 Å². The minimum Gasteiger partial charge on any atom is -0.395 e. The lowest BCUT2D eigenvalue weighted by molar-refractivity contribution is -0.00730. The molecule has 0 spiro atoms. The summed E-state index contributed by atoms with van der Waals surface area (Å²) < 4.78 is 0. The number of rotatable bonds is 4. The van der Waals surface area contributed by atoms with Crippen LogP contribution >= 0.6 is 0 Å². The molecule has 1 aliphatic rings. The molecule has 3 nitrogen and oxygen atoms in total. The van der Waals surface area contributed by atoms with E-state index in [1.807, 2.05) is 35.2 Å². The monoisotopic (exact) mass is 228 g/mol. The van der Waals surface area contributed by atoms with Crippen LogP contribution in [0, 0.1) is 11.3 Å². The average molecular weight is 228 g/mol. The van der Waals surface area contributed by atoms with Crippen LogP contribution in [0.4, 0.5) is 0 Å². The molecule has 0 unspecified atom stereocenters. The van der Waals surface area contributed by atoms with Gasteiger partial charge in [-0.25, -0.2) is 0 Å². The zero-order valence-electron chi connectivity index (χ0n) is 9.66. The van der Waals surface area contributed by atoms with Gasteiger partial charge in [0.25, 0.3) is 0 Å². The fourth-order valence-electron chi connectivity index (χ4n) is 2.58. The summed E-state index contributed by atoms with van der Waals surface area (Å²) in [4.78, 5) is 1.99. The summed E-state index contributed by atoms with van der Waals surface area (Å²) in [7, 11) is 0. The highest BCUT2D eigenvalue weighted by Crippen LogP contribution is 2.39. The molecule has 0 bridgehead atoms. The number of hydrogen-bond acceptors (Lipinski definition) is 3. The van der Waals surface area contributed by atoms with Gasteiger partial charge < -0.3 is 5.11 Å². The Labute approximate surface area is 102 Å². The van der Waals surface area contributed by atoms with Crippen LogP contribution in [-0.4, -0.2) is 35.2 Å². The first-order valence-electron chi connectivity index (χ1n) is 5.75. The van der Waals surface area contributed by atoms with E-state index in [0.717, 1.165) is 5.56 Å². The fraction of sp³-hybridized carbons (Fsp3) is 0.357. The predicted octanol–water partition coefficient (Wildman–Crippen LogP) is 1.52. The lowest BCUT2D eigenvalue weighted by Crippen LogP contribution is -2.63. The Morgan fingerprint density at radius 2 is 2.12 bits per heavy atom. The first-order chi connectivity index (χ1) is 8.33. The first-order valence-corrected chi connectivity index (χ1v) is 5.75. The van der Waals surface area contributed by atoms with Gasteiger partial charge in [-0.15, -0.1) is 6.58 Å². The summed E-state index contributed by atoms with van der Waals surface area (Å²) in [6.45, 7) is 4.41. The van der Waals surface area contributed by atoms with Gasteiger partial charge in [-0.05, 0) is 5.56 Å². The second-order valence-corrected chi connectivity index (χ2v) is 4.25. The second-order valence-electron chi connectivity index (χ2n) is 4.25. The standard InChI is InChI=1S/C14H16N2O/c1-2-8-16-12(9-15)14(13(16)10-17)11-6-4-3-5-7-11/h2-7,12-14,17H,1,8,10H2/t12-,13-,14-/m1/s1. The smallest absolute Gasteiger partial charge is 0.107 e. The molecule has 1 aromatic carbocycles. The zero-order valence-corrected chi connectivity index (χ0v) is 9.66. The van der Waals surface area contributed by atoms with Crippen LogP contribution in [0.15, 0.2) is 43.0 Å². The van der Waals surface area contributed by atoms with Gasteiger partial charge in [-0.3, -0.25) is 4.90 Å². The lowest BCUT2D eigenvalue weighted by atomic mass is 9.76. The topological polar surface area (TPSA) is 47.3 Å². The van der Waals surface area contributed by atoms with Crippen molar-refractivity contribution in [1.29, 1.82) is 5.26 Å². The Balaban J connectivity index is 2.23. The van der Waals surface area contributed by atoms with Gasteiger partial charge in [-0.2, -0.15) is 5.26 Å². The maximum Gasteiger partial charge on any atom is 0.107 e. The third-order valence-corrected chi connectivity index (χ3v) is 3.38. The normalized spacial score (nSPS) is 28.1. The summed E-state index contributed by atoms with van der Waals surface area (Å²) in [5, 5.41) is 18.7. The number of likely N-dealkylation sites (tertiary alicyclic amines) is 1. The first kappa shape index (κ1) is 11.8. The minimum absolute atomic E-state index is 0.0278. The molecule has 17 heavy (non-hydrogen) atoms. The highest BCUT2D eigenvalue weighted by Gasteiger charge is 2.48. The van der Waals surface area contributed by atoms with Crippen LogP contribution in [0.2, 0.25) is 0 Å². The van der Waals surface area contributed by atoms with Crippen molar-refractivity contribution in [2.75, 3.05) is 13.2 Å². The van der Waals surface area contributed by atoms with Gasteiger partial charge in [0, 0.05) is 18.5 Å². The predicted molar refractivity (Wildman–Crippen MR) is 66.4 cm³/mol. The maximum atomic E-state index is 9.44. The summed E-state index contributed by atoms with van der Waals surface area (Å²) >= 11 is 0. The summed E-state index contributed by atoms with van der Waals surface area (Å²) in [5.74, 6) is 0.103. The molecule has 1 saturated heterocycles. The number of aliphatic hydroxyl groups is 1. The van der Waals surface area contributed by atoms with Crippen LogP contribution in [0.1, 0.15) is 11.5 Å². The van der Waals surface area contributed by atoms with Gasteiger partial charge in [0.05, 0.1) is 12.7 Å². The van der Waals surface area contributed by atoms with Crippen molar-refractivity contribution >= 4 is 0 Å². The highest BCUT2D eigenvalue weighted by molar-refractivity contribution is 5.31. The molecule has 0 radical (unpaired) electrons. The number of nitriles is 1. The third-order valence-electron chi connectivity index (χ3n) is 3.38. The Kier molecular flexibility index (Phi) is 3.58. The molecule has 2 rings (SSSR count). The van der Waals surface area contributed by atoms with Gasteiger partial charge in [0.1, 0.15) is 6.04 Å². The Hall–Kier alpha value is -1.63. The van der Waals surface area contributed by atoms with E-state index in [1.54, 1.807) is 6.08 Å². The van der Waals surface area contributed by atoms with E-state index in [1.165, 1.54) is 0 Å². The van der Waals surface area contributed by atoms with E-state index in [2.05, 4.69) is 12.6 Å². The van der Waals surface area contributed by atoms with E-state index in [-0.39, 0.29) is 24.6 Å².